The van der Waals surface area contributed by atoms with Crippen molar-refractivity contribution < 1.29 is 36.2 Å². The van der Waals surface area contributed by atoms with Crippen molar-refractivity contribution in [3.8, 4) is 0 Å². The summed E-state index contributed by atoms with van der Waals surface area (Å²) in [5, 5.41) is 10.5. The van der Waals surface area contributed by atoms with E-state index >= 15 is 0 Å². The van der Waals surface area contributed by atoms with E-state index in [9.17, 15) is 31.5 Å². The summed E-state index contributed by atoms with van der Waals surface area (Å²) in [5.74, 6) is -1.58. The van der Waals surface area contributed by atoms with Crippen LogP contribution in [0.3, 0.4) is 0 Å². The highest BCUT2D eigenvalue weighted by Crippen LogP contribution is 2.40. The van der Waals surface area contributed by atoms with E-state index in [1.165, 1.54) is 7.11 Å². The number of ether oxygens (including phenoxy) is 1. The van der Waals surface area contributed by atoms with Crippen LogP contribution in [0.15, 0.2) is 34.2 Å². The summed E-state index contributed by atoms with van der Waals surface area (Å²) in [6.07, 6.45) is -4.13. The lowest BCUT2D eigenvalue weighted by molar-refractivity contribution is -0.137. The third kappa shape index (κ3) is 4.32. The number of rotatable bonds is 6. The molecule has 28 heavy (non-hydrogen) atoms. The van der Waals surface area contributed by atoms with Gasteiger partial charge in [-0.3, -0.25) is 0 Å². The molecule has 0 bridgehead atoms. The molecule has 0 radical (unpaired) electrons. The van der Waals surface area contributed by atoms with Crippen molar-refractivity contribution in [3.05, 3.63) is 45.7 Å². The van der Waals surface area contributed by atoms with Gasteiger partial charge in [0, 0.05) is 13.3 Å². The molecule has 0 aliphatic rings. The first-order chi connectivity index (χ1) is 12.9. The zero-order valence-electron chi connectivity index (χ0n) is 13.8. The van der Waals surface area contributed by atoms with E-state index < -0.39 is 58.8 Å². The Morgan fingerprint density at radius 1 is 1.29 bits per heavy atom. The maximum atomic E-state index is 13.1. The number of anilines is 1. The summed E-state index contributed by atoms with van der Waals surface area (Å²) in [6, 6.07) is 1.96. The summed E-state index contributed by atoms with van der Waals surface area (Å²) < 4.78 is 70.0. The highest BCUT2D eigenvalue weighted by molar-refractivity contribution is 7.91. The van der Waals surface area contributed by atoms with E-state index in [2.05, 4.69) is 10.3 Å². The molecule has 2 N–H and O–H groups in total. The molecule has 2 rings (SSSR count). The first-order valence-corrected chi connectivity index (χ1v) is 9.41. The molecule has 0 aliphatic heterocycles. The van der Waals surface area contributed by atoms with Gasteiger partial charge in [0.1, 0.15) is 11.6 Å². The molecule has 0 saturated carbocycles. The minimum atomic E-state index is -4.91. The van der Waals surface area contributed by atoms with Crippen molar-refractivity contribution in [2.75, 3.05) is 19.2 Å². The minimum absolute atomic E-state index is 0.320. The van der Waals surface area contributed by atoms with E-state index in [1.54, 1.807) is 0 Å². The lowest BCUT2D eigenvalue weighted by Gasteiger charge is -2.16. The number of benzene rings is 1. The van der Waals surface area contributed by atoms with Crippen LogP contribution in [0.4, 0.5) is 18.9 Å². The number of sulfone groups is 1. The zero-order chi connectivity index (χ0) is 21.3. The van der Waals surface area contributed by atoms with Crippen molar-refractivity contribution in [2.45, 2.75) is 16.0 Å². The molecule has 0 atom stereocenters. The molecule has 0 aliphatic carbocycles. The van der Waals surface area contributed by atoms with Crippen LogP contribution in [-0.4, -0.2) is 38.3 Å². The molecule has 1 aromatic carbocycles. The second-order valence-corrected chi connectivity index (χ2v) is 7.92. The monoisotopic (exact) mass is 458 g/mol. The molecule has 152 valence electrons. The molecular formula is C15H11Cl2F3N2O5S. The van der Waals surface area contributed by atoms with Crippen molar-refractivity contribution in [3.63, 3.8) is 0 Å². The van der Waals surface area contributed by atoms with Crippen LogP contribution in [0.5, 0.6) is 0 Å². The first kappa shape index (κ1) is 22.2. The fourth-order valence-electron chi connectivity index (χ4n) is 2.21. The molecule has 0 amide bonds. The number of hydrogen-bond acceptors (Lipinski definition) is 6. The second-order valence-electron chi connectivity index (χ2n) is 5.22. The Kier molecular flexibility index (Phi) is 6.44. The molecule has 0 spiro atoms. The van der Waals surface area contributed by atoms with E-state index in [4.69, 9.17) is 27.9 Å². The first-order valence-electron chi connectivity index (χ1n) is 7.17. The summed E-state index contributed by atoms with van der Waals surface area (Å²) in [5.41, 5.74) is -2.60. The Morgan fingerprint density at radius 2 is 1.93 bits per heavy atom. The van der Waals surface area contributed by atoms with Gasteiger partial charge in [-0.1, -0.05) is 23.2 Å². The number of alkyl halides is 3. The number of nitrogens with zero attached hydrogens (tertiary/aromatic N) is 1. The van der Waals surface area contributed by atoms with Crippen molar-refractivity contribution in [1.29, 1.82) is 0 Å². The van der Waals surface area contributed by atoms with Gasteiger partial charge in [0.05, 0.1) is 26.2 Å². The third-order valence-corrected chi connectivity index (χ3v) is 5.97. The maximum absolute atomic E-state index is 13.1. The number of hydrogen-bond donors (Lipinski definition) is 2. The van der Waals surface area contributed by atoms with Gasteiger partial charge < -0.3 is 15.2 Å². The standard InChI is InChI=1S/C15H11Cl2F3N2O5S/c1-27-6-22-11-12(14(23)24)21-5-10(17)13(11)28(25,26)7-2-3-9(16)8(4-7)15(18,19)20/h2-5,22H,6H2,1H3,(H,23,24). The van der Waals surface area contributed by atoms with Crippen LogP contribution in [0.25, 0.3) is 0 Å². The average molecular weight is 459 g/mol. The summed E-state index contributed by atoms with van der Waals surface area (Å²) in [6.45, 7) is -0.320. The molecule has 2 aromatic rings. The fourth-order valence-corrected chi connectivity index (χ4v) is 4.39. The van der Waals surface area contributed by atoms with Gasteiger partial charge in [0.2, 0.25) is 9.84 Å². The van der Waals surface area contributed by atoms with Crippen LogP contribution in [0.1, 0.15) is 16.1 Å². The van der Waals surface area contributed by atoms with Gasteiger partial charge in [-0.15, -0.1) is 0 Å². The highest BCUT2D eigenvalue weighted by Gasteiger charge is 2.36. The average Bonchev–Trinajstić information content (AvgIpc) is 2.58. The van der Waals surface area contributed by atoms with Crippen LogP contribution < -0.4 is 5.32 Å². The van der Waals surface area contributed by atoms with Gasteiger partial charge in [0.25, 0.3) is 0 Å². The van der Waals surface area contributed by atoms with Gasteiger partial charge in [0.15, 0.2) is 5.69 Å². The normalized spacial score (nSPS) is 12.1. The fraction of sp³-hybridized carbons (Fsp3) is 0.200. The number of aromatic nitrogens is 1. The van der Waals surface area contributed by atoms with Gasteiger partial charge in [-0.25, -0.2) is 18.2 Å². The topological polar surface area (TPSA) is 106 Å². The van der Waals surface area contributed by atoms with Crippen LogP contribution >= 0.6 is 23.2 Å². The second kappa shape index (κ2) is 8.11. The van der Waals surface area contributed by atoms with E-state index in [0.717, 1.165) is 18.3 Å². The van der Waals surface area contributed by atoms with E-state index in [0.29, 0.717) is 6.07 Å². The molecule has 0 fully saturated rings. The van der Waals surface area contributed by atoms with Crippen LogP contribution in [0.2, 0.25) is 10.0 Å². The zero-order valence-corrected chi connectivity index (χ0v) is 16.2. The Labute approximate surface area is 167 Å². The lowest BCUT2D eigenvalue weighted by atomic mass is 10.2. The number of carbonyl (C=O) groups is 1. The molecule has 0 saturated heterocycles. The number of carboxylic acids is 1. The van der Waals surface area contributed by atoms with Crippen molar-refractivity contribution in [1.82, 2.24) is 4.98 Å². The molecule has 1 heterocycles. The predicted molar refractivity (Wildman–Crippen MR) is 93.6 cm³/mol. The van der Waals surface area contributed by atoms with Crippen LogP contribution in [0, 0.1) is 0 Å². The Hall–Kier alpha value is -2.08. The summed E-state index contributed by atoms with van der Waals surface area (Å²) in [4.78, 5) is 13.4. The lowest BCUT2D eigenvalue weighted by Crippen LogP contribution is -2.16. The number of methoxy groups -OCH3 is 1. The summed E-state index contributed by atoms with van der Waals surface area (Å²) >= 11 is 11.4. The number of halogens is 5. The highest BCUT2D eigenvalue weighted by atomic mass is 35.5. The number of carboxylic acid groups (broad SMARTS) is 1. The van der Waals surface area contributed by atoms with Gasteiger partial charge in [-0.05, 0) is 18.2 Å². The molecule has 1 aromatic heterocycles. The van der Waals surface area contributed by atoms with Crippen LogP contribution in [-0.2, 0) is 20.8 Å². The largest absolute Gasteiger partial charge is 0.476 e. The number of aromatic carboxylic acids is 1. The predicted octanol–water partition coefficient (Wildman–Crippen LogP) is 3.95. The molecule has 0 unspecified atom stereocenters. The van der Waals surface area contributed by atoms with Gasteiger partial charge in [-0.2, -0.15) is 13.2 Å². The van der Waals surface area contributed by atoms with Crippen molar-refractivity contribution >= 4 is 44.7 Å². The third-order valence-electron chi connectivity index (χ3n) is 3.41. The Balaban J connectivity index is 2.79. The summed E-state index contributed by atoms with van der Waals surface area (Å²) in [7, 11) is -3.45. The van der Waals surface area contributed by atoms with Gasteiger partial charge >= 0.3 is 12.1 Å². The van der Waals surface area contributed by atoms with E-state index in [1.807, 2.05) is 0 Å². The van der Waals surface area contributed by atoms with Crippen molar-refractivity contribution in [2.24, 2.45) is 0 Å². The Bertz CT molecular complexity index is 1030. The SMILES string of the molecule is COCNc1c(C(=O)O)ncc(Cl)c1S(=O)(=O)c1ccc(Cl)c(C(F)(F)F)c1. The molecule has 13 heteroatoms. The quantitative estimate of drug-likeness (QED) is 0.631. The molecule has 7 nitrogen and oxygen atoms in total. The van der Waals surface area contributed by atoms with E-state index in [-0.39, 0.29) is 6.73 Å². The molecular weight excluding hydrogens is 448 g/mol. The number of nitrogens with one attached hydrogen (secondary N) is 1. The minimum Gasteiger partial charge on any atom is -0.476 e. The maximum Gasteiger partial charge on any atom is 0.417 e. The Morgan fingerprint density at radius 3 is 2.46 bits per heavy atom. The number of pyridine rings is 1. The smallest absolute Gasteiger partial charge is 0.417 e.